The van der Waals surface area contributed by atoms with Crippen LogP contribution < -0.4 is 25.3 Å². The molecule has 15 heteroatoms. The fraction of sp³-hybridized carbons (Fsp3) is 0.136. The molecule has 0 fully saturated rings. The molecule has 3 aromatic rings. The van der Waals surface area contributed by atoms with E-state index in [0.717, 1.165) is 43.6 Å². The number of amides is 2. The summed E-state index contributed by atoms with van der Waals surface area (Å²) in [5.74, 6) is -4.49. The maximum absolute atomic E-state index is 13.6. The molecule has 0 aliphatic carbocycles. The lowest BCUT2D eigenvalue weighted by Gasteiger charge is -2.19. The van der Waals surface area contributed by atoms with Crippen molar-refractivity contribution in [3.63, 3.8) is 0 Å². The first-order valence-electron chi connectivity index (χ1n) is 9.78. The minimum absolute atomic E-state index is 0.0501. The van der Waals surface area contributed by atoms with Gasteiger partial charge in [0.05, 0.1) is 17.7 Å². The standard InChI is InChI=1S/C22H14ClF6N3O5/c1-35-18-12(21(24,25)26)3-5-16(36-15-4-2-11(9-13(15)23)37-22(27,28)29)17(18)20(34)32-10-6-7-31-14(8-10)19(30)33/h2-9H,1H3,(H2,30,33)(H,31,32,34). The zero-order valence-corrected chi connectivity index (χ0v) is 19.1. The van der Waals surface area contributed by atoms with Gasteiger partial charge >= 0.3 is 12.5 Å². The first-order chi connectivity index (χ1) is 17.2. The molecule has 0 aliphatic rings. The number of carbonyl (C=O) groups excluding carboxylic acids is 2. The lowest BCUT2D eigenvalue weighted by atomic mass is 10.1. The first kappa shape index (κ1) is 27.4. The molecule has 3 N–H and O–H groups in total. The van der Waals surface area contributed by atoms with Crippen LogP contribution in [0.2, 0.25) is 5.02 Å². The molecule has 0 saturated carbocycles. The number of nitrogens with two attached hydrogens (primary N) is 1. The number of nitrogens with one attached hydrogen (secondary N) is 1. The van der Waals surface area contributed by atoms with Gasteiger partial charge in [-0.15, -0.1) is 13.2 Å². The molecule has 1 aromatic heterocycles. The van der Waals surface area contributed by atoms with Gasteiger partial charge in [-0.2, -0.15) is 13.2 Å². The number of anilines is 1. The Labute approximate surface area is 208 Å². The summed E-state index contributed by atoms with van der Waals surface area (Å²) in [6, 6.07) is 6.26. The number of pyridine rings is 1. The number of alkyl halides is 6. The van der Waals surface area contributed by atoms with Crippen LogP contribution in [0.25, 0.3) is 0 Å². The highest BCUT2D eigenvalue weighted by Crippen LogP contribution is 2.44. The number of halogens is 7. The Morgan fingerprint density at radius 3 is 2.24 bits per heavy atom. The Morgan fingerprint density at radius 2 is 1.68 bits per heavy atom. The lowest BCUT2D eigenvalue weighted by Crippen LogP contribution is -2.19. The summed E-state index contributed by atoms with van der Waals surface area (Å²) in [5, 5.41) is 1.88. The summed E-state index contributed by atoms with van der Waals surface area (Å²) in [4.78, 5) is 28.2. The molecule has 0 unspecified atom stereocenters. The largest absolute Gasteiger partial charge is 0.573 e. The molecule has 37 heavy (non-hydrogen) atoms. The molecular formula is C22H14ClF6N3O5. The van der Waals surface area contributed by atoms with Crippen LogP contribution >= 0.6 is 11.6 Å². The summed E-state index contributed by atoms with van der Waals surface area (Å²) in [7, 11) is 0.888. The predicted molar refractivity (Wildman–Crippen MR) is 117 cm³/mol. The van der Waals surface area contributed by atoms with E-state index in [2.05, 4.69) is 15.0 Å². The van der Waals surface area contributed by atoms with Crippen LogP contribution in [0.4, 0.5) is 32.0 Å². The number of rotatable bonds is 7. The normalized spacial score (nSPS) is 11.6. The van der Waals surface area contributed by atoms with Crippen molar-refractivity contribution >= 4 is 29.1 Å². The molecule has 196 valence electrons. The van der Waals surface area contributed by atoms with Crippen molar-refractivity contribution < 1.29 is 50.1 Å². The van der Waals surface area contributed by atoms with Gasteiger partial charge in [0, 0.05) is 18.0 Å². The van der Waals surface area contributed by atoms with Crippen LogP contribution in [0.1, 0.15) is 26.4 Å². The number of nitrogens with zero attached hydrogens (tertiary/aromatic N) is 1. The molecule has 2 aromatic carbocycles. The van der Waals surface area contributed by atoms with E-state index in [4.69, 9.17) is 26.8 Å². The highest BCUT2D eigenvalue weighted by atomic mass is 35.5. The van der Waals surface area contributed by atoms with E-state index in [1.807, 2.05) is 0 Å². The van der Waals surface area contributed by atoms with E-state index >= 15 is 0 Å². The Kier molecular flexibility index (Phi) is 7.71. The average Bonchev–Trinajstić information content (AvgIpc) is 2.78. The zero-order valence-electron chi connectivity index (χ0n) is 18.3. The van der Waals surface area contributed by atoms with E-state index in [9.17, 15) is 35.9 Å². The van der Waals surface area contributed by atoms with Crippen LogP contribution in [0, 0.1) is 0 Å². The third-order valence-electron chi connectivity index (χ3n) is 4.48. The van der Waals surface area contributed by atoms with Crippen LogP contribution in [0.3, 0.4) is 0 Å². The van der Waals surface area contributed by atoms with Crippen molar-refractivity contribution in [3.8, 4) is 23.0 Å². The van der Waals surface area contributed by atoms with Crippen LogP contribution in [-0.2, 0) is 6.18 Å². The number of hydrogen-bond donors (Lipinski definition) is 2. The van der Waals surface area contributed by atoms with Gasteiger partial charge in [0.25, 0.3) is 11.8 Å². The van der Waals surface area contributed by atoms with Crippen LogP contribution in [0.5, 0.6) is 23.0 Å². The van der Waals surface area contributed by atoms with E-state index < -0.39 is 57.8 Å². The van der Waals surface area contributed by atoms with Gasteiger partial charge in [-0.3, -0.25) is 14.6 Å². The van der Waals surface area contributed by atoms with Gasteiger partial charge in [0.2, 0.25) is 0 Å². The highest BCUT2D eigenvalue weighted by Gasteiger charge is 2.38. The Morgan fingerprint density at radius 1 is 1.00 bits per heavy atom. The third kappa shape index (κ3) is 6.73. The molecule has 0 atom stereocenters. The molecule has 0 aliphatic heterocycles. The fourth-order valence-electron chi connectivity index (χ4n) is 3.02. The molecule has 2 amide bonds. The zero-order chi connectivity index (χ0) is 27.5. The van der Waals surface area contributed by atoms with Crippen LogP contribution in [-0.4, -0.2) is 30.3 Å². The summed E-state index contributed by atoms with van der Waals surface area (Å²) in [6.45, 7) is 0. The predicted octanol–water partition coefficient (Wildman–Crippen LogP) is 5.80. The Balaban J connectivity index is 2.07. The number of primary amides is 1. The number of benzene rings is 2. The number of methoxy groups -OCH3 is 1. The lowest BCUT2D eigenvalue weighted by molar-refractivity contribution is -0.274. The molecule has 8 nitrogen and oxygen atoms in total. The topological polar surface area (TPSA) is 113 Å². The molecule has 3 rings (SSSR count). The quantitative estimate of drug-likeness (QED) is 0.360. The smallest absolute Gasteiger partial charge is 0.495 e. The van der Waals surface area contributed by atoms with Crippen molar-refractivity contribution in [1.82, 2.24) is 4.98 Å². The minimum atomic E-state index is -5.00. The molecule has 0 spiro atoms. The van der Waals surface area contributed by atoms with Gasteiger partial charge < -0.3 is 25.3 Å². The third-order valence-corrected chi connectivity index (χ3v) is 4.78. The Hall–Kier alpha value is -4.20. The van der Waals surface area contributed by atoms with E-state index in [1.54, 1.807) is 0 Å². The second-order valence-corrected chi connectivity index (χ2v) is 7.41. The monoisotopic (exact) mass is 549 g/mol. The number of hydrogen-bond acceptors (Lipinski definition) is 6. The van der Waals surface area contributed by atoms with E-state index in [-0.39, 0.29) is 17.1 Å². The molecular weight excluding hydrogens is 536 g/mol. The van der Waals surface area contributed by atoms with Gasteiger partial charge in [-0.1, -0.05) is 11.6 Å². The van der Waals surface area contributed by atoms with Crippen molar-refractivity contribution in [2.24, 2.45) is 5.73 Å². The van der Waals surface area contributed by atoms with Crippen molar-refractivity contribution in [1.29, 1.82) is 0 Å². The summed E-state index contributed by atoms with van der Waals surface area (Å²) in [6.07, 6.45) is -8.82. The maximum atomic E-state index is 13.6. The van der Waals surface area contributed by atoms with E-state index in [1.165, 1.54) is 6.07 Å². The summed E-state index contributed by atoms with van der Waals surface area (Å²) < 4.78 is 92.3. The van der Waals surface area contributed by atoms with E-state index in [0.29, 0.717) is 6.07 Å². The fourth-order valence-corrected chi connectivity index (χ4v) is 3.23. The summed E-state index contributed by atoms with van der Waals surface area (Å²) in [5.41, 5.74) is 2.80. The summed E-state index contributed by atoms with van der Waals surface area (Å²) >= 11 is 5.96. The molecule has 0 radical (unpaired) electrons. The van der Waals surface area contributed by atoms with Crippen molar-refractivity contribution in [2.45, 2.75) is 12.5 Å². The maximum Gasteiger partial charge on any atom is 0.573 e. The second kappa shape index (κ2) is 10.4. The number of carbonyl (C=O) groups is 2. The van der Waals surface area contributed by atoms with Crippen molar-refractivity contribution in [3.05, 3.63) is 70.5 Å². The molecule has 1 heterocycles. The SMILES string of the molecule is COc1c(C(F)(F)F)ccc(Oc2ccc(OC(F)(F)F)cc2Cl)c1C(=O)Nc1ccnc(C(N)=O)c1. The van der Waals surface area contributed by atoms with Gasteiger partial charge in [-0.05, 0) is 36.4 Å². The number of ether oxygens (including phenoxy) is 3. The second-order valence-electron chi connectivity index (χ2n) is 7.01. The average molecular weight is 550 g/mol. The van der Waals surface area contributed by atoms with Gasteiger partial charge in [-0.25, -0.2) is 0 Å². The van der Waals surface area contributed by atoms with Gasteiger partial charge in [0.1, 0.15) is 34.3 Å². The first-order valence-corrected chi connectivity index (χ1v) is 10.2. The Bertz CT molecular complexity index is 1350. The van der Waals surface area contributed by atoms with Crippen molar-refractivity contribution in [2.75, 3.05) is 12.4 Å². The highest BCUT2D eigenvalue weighted by molar-refractivity contribution is 6.32. The minimum Gasteiger partial charge on any atom is -0.495 e. The molecule has 0 bridgehead atoms. The molecule has 0 saturated heterocycles. The van der Waals surface area contributed by atoms with Crippen LogP contribution in [0.15, 0.2) is 48.7 Å². The number of aromatic nitrogens is 1. The van der Waals surface area contributed by atoms with Gasteiger partial charge in [0.15, 0.2) is 0 Å².